The number of ether oxygens (including phenoxy) is 3. The highest BCUT2D eigenvalue weighted by atomic mass is 16.7. The number of carbonyl (C=O) groups excluding carboxylic acids is 4. The van der Waals surface area contributed by atoms with E-state index in [1.807, 2.05) is 0 Å². The van der Waals surface area contributed by atoms with Crippen molar-refractivity contribution in [1.82, 2.24) is 10.2 Å². The van der Waals surface area contributed by atoms with E-state index < -0.39 is 42.4 Å². The van der Waals surface area contributed by atoms with Gasteiger partial charge in [-0.15, -0.1) is 0 Å². The van der Waals surface area contributed by atoms with Gasteiger partial charge in [0, 0.05) is 39.5 Å². The zero-order chi connectivity index (χ0) is 29.7. The molecule has 1 aromatic carbocycles. The molecule has 4 atom stereocenters. The number of anilines is 1. The molecule has 1 aliphatic heterocycles. The summed E-state index contributed by atoms with van der Waals surface area (Å²) in [6.07, 6.45) is -2.78. The van der Waals surface area contributed by atoms with Crippen LogP contribution in [0.1, 0.15) is 38.2 Å². The Morgan fingerprint density at radius 3 is 2.58 bits per heavy atom. The predicted molar refractivity (Wildman–Crippen MR) is 139 cm³/mol. The summed E-state index contributed by atoms with van der Waals surface area (Å²) in [5.41, 5.74) is 0.917. The number of carbonyl (C=O) groups is 5. The second-order valence-electron chi connectivity index (χ2n) is 8.89. The number of aliphatic carboxylic acids is 1. The number of carboxylic acid groups (broad SMARTS) is 1. The lowest BCUT2D eigenvalue weighted by molar-refractivity contribution is -0.228. The molecule has 1 aromatic rings. The maximum absolute atomic E-state index is 12.6. The lowest BCUT2D eigenvalue weighted by atomic mass is 10.0. The van der Waals surface area contributed by atoms with Crippen LogP contribution >= 0.6 is 0 Å². The number of hydrogen-bond donors (Lipinski definition) is 5. The molecular formula is C26H35N3O11. The van der Waals surface area contributed by atoms with E-state index in [0.717, 1.165) is 4.90 Å². The fourth-order valence-electron chi connectivity index (χ4n) is 3.77. The number of hydrogen-bond acceptors (Lipinski definition) is 10. The van der Waals surface area contributed by atoms with Crippen LogP contribution in [0.25, 0.3) is 0 Å². The van der Waals surface area contributed by atoms with Gasteiger partial charge in [0.15, 0.2) is 6.10 Å². The number of nitrogens with zero attached hydrogens (tertiary/aromatic N) is 1. The van der Waals surface area contributed by atoms with E-state index in [1.165, 1.54) is 25.3 Å². The van der Waals surface area contributed by atoms with E-state index in [9.17, 15) is 39.3 Å². The van der Waals surface area contributed by atoms with Crippen LogP contribution in [0.2, 0.25) is 0 Å². The summed E-state index contributed by atoms with van der Waals surface area (Å²) in [6, 6.07) is 4.77. The van der Waals surface area contributed by atoms with Crippen molar-refractivity contribution in [1.29, 1.82) is 0 Å². The van der Waals surface area contributed by atoms with Crippen LogP contribution in [0.3, 0.4) is 0 Å². The lowest BCUT2D eigenvalue weighted by Crippen LogP contribution is -2.53. The minimum atomic E-state index is -1.70. The van der Waals surface area contributed by atoms with Gasteiger partial charge in [-0.1, -0.05) is 12.1 Å². The smallest absolute Gasteiger partial charge is 0.335 e. The van der Waals surface area contributed by atoms with Gasteiger partial charge in [0.25, 0.3) is 5.91 Å². The number of aliphatic hydroxyl groups excluding tert-OH is 2. The summed E-state index contributed by atoms with van der Waals surface area (Å²) in [5.74, 6) is -2.63. The predicted octanol–water partition coefficient (Wildman–Crippen LogP) is -0.0807. The average Bonchev–Trinajstić information content (AvgIpc) is 2.90. The maximum atomic E-state index is 12.6. The molecule has 0 bridgehead atoms. The third-order valence-corrected chi connectivity index (χ3v) is 5.76. The summed E-state index contributed by atoms with van der Waals surface area (Å²) in [7, 11) is 1.50. The fraction of sp³-hybridized carbons (Fsp3) is 0.500. The number of methoxy groups -OCH3 is 1. The molecule has 0 spiro atoms. The van der Waals surface area contributed by atoms with Crippen LogP contribution in [0.5, 0.6) is 5.75 Å². The molecule has 1 heterocycles. The molecular weight excluding hydrogens is 530 g/mol. The Labute approximate surface area is 230 Å². The fourth-order valence-corrected chi connectivity index (χ4v) is 3.77. The summed E-state index contributed by atoms with van der Waals surface area (Å²) in [5, 5.41) is 34.4. The Kier molecular flexibility index (Phi) is 13.2. The van der Waals surface area contributed by atoms with Gasteiger partial charge in [-0.05, 0) is 37.1 Å². The molecule has 0 saturated carbocycles. The van der Waals surface area contributed by atoms with Gasteiger partial charge in [0.05, 0.1) is 18.4 Å². The monoisotopic (exact) mass is 565 g/mol. The molecule has 0 aromatic heterocycles. The normalized spacial score (nSPS) is 20.5. The molecule has 1 fully saturated rings. The zero-order valence-electron chi connectivity index (χ0n) is 22.3. The van der Waals surface area contributed by atoms with Crippen molar-refractivity contribution in [3.63, 3.8) is 0 Å². The van der Waals surface area contributed by atoms with Crippen molar-refractivity contribution in [3.8, 4) is 5.75 Å². The number of carboxylic acids is 1. The minimum absolute atomic E-state index is 0.0175. The van der Waals surface area contributed by atoms with E-state index in [2.05, 4.69) is 10.6 Å². The Hall–Kier alpha value is -3.85. The van der Waals surface area contributed by atoms with Gasteiger partial charge >= 0.3 is 5.97 Å². The lowest BCUT2D eigenvalue weighted by Gasteiger charge is -2.35. The van der Waals surface area contributed by atoms with Crippen molar-refractivity contribution >= 4 is 35.8 Å². The van der Waals surface area contributed by atoms with Crippen molar-refractivity contribution in [2.45, 2.75) is 63.8 Å². The molecule has 0 aliphatic carbocycles. The SMILES string of the molecule is C/C=C\C(=O)N(C=O)CCCC(=O)NCCC(=O)Nc1cc(COC)ccc1OC1CC(O)[C@H](O)C(C(=O)O)O1. The molecule has 220 valence electrons. The van der Waals surface area contributed by atoms with Gasteiger partial charge in [0.1, 0.15) is 11.9 Å². The molecule has 2 rings (SSSR count). The second-order valence-corrected chi connectivity index (χ2v) is 8.89. The number of aliphatic hydroxyl groups is 2. The number of imide groups is 1. The van der Waals surface area contributed by atoms with E-state index in [4.69, 9.17) is 14.2 Å². The van der Waals surface area contributed by atoms with Crippen LogP contribution in [0.4, 0.5) is 5.69 Å². The summed E-state index contributed by atoms with van der Waals surface area (Å²) >= 11 is 0. The molecule has 5 N–H and O–H groups in total. The Morgan fingerprint density at radius 2 is 1.93 bits per heavy atom. The first-order valence-corrected chi connectivity index (χ1v) is 12.6. The molecule has 3 unspecified atom stereocenters. The first kappa shape index (κ1) is 32.4. The molecule has 14 nitrogen and oxygen atoms in total. The number of allylic oxidation sites excluding steroid dienone is 1. The van der Waals surface area contributed by atoms with Crippen LogP contribution < -0.4 is 15.4 Å². The number of nitrogens with one attached hydrogen (secondary N) is 2. The summed E-state index contributed by atoms with van der Waals surface area (Å²) < 4.78 is 16.1. The number of benzene rings is 1. The largest absolute Gasteiger partial charge is 0.479 e. The van der Waals surface area contributed by atoms with Crippen molar-refractivity contribution in [2.24, 2.45) is 0 Å². The van der Waals surface area contributed by atoms with Crippen molar-refractivity contribution < 1.29 is 53.5 Å². The number of amides is 4. The van der Waals surface area contributed by atoms with Crippen LogP contribution in [0.15, 0.2) is 30.4 Å². The standard InChI is InChI=1S/C26H35N3O11/c1-3-5-22(34)29(15-30)11-4-6-20(32)27-10-9-21(33)28-17-12-16(14-38-2)7-8-19(17)39-23-13-18(31)24(35)25(40-23)26(36)37/h3,5,7-8,12,15,18,23-25,31,35H,4,6,9-11,13-14H2,1-2H3,(H,27,32)(H,28,33)(H,36,37)/b5-3-/t18?,23?,24-,25?/m0/s1. The Bertz CT molecular complexity index is 1080. The highest BCUT2D eigenvalue weighted by Crippen LogP contribution is 2.31. The molecule has 4 amide bonds. The number of rotatable bonds is 15. The summed E-state index contributed by atoms with van der Waals surface area (Å²) in [4.78, 5) is 59.7. The van der Waals surface area contributed by atoms with Crippen molar-refractivity contribution in [2.75, 3.05) is 25.5 Å². The quantitative estimate of drug-likeness (QED) is 0.141. The second kappa shape index (κ2) is 16.3. The van der Waals surface area contributed by atoms with Crippen molar-refractivity contribution in [3.05, 3.63) is 35.9 Å². The van der Waals surface area contributed by atoms with Gasteiger partial charge in [0.2, 0.25) is 24.5 Å². The van der Waals surface area contributed by atoms with Crippen LogP contribution in [0, 0.1) is 0 Å². The van der Waals surface area contributed by atoms with E-state index >= 15 is 0 Å². The highest BCUT2D eigenvalue weighted by Gasteiger charge is 2.42. The highest BCUT2D eigenvalue weighted by molar-refractivity contribution is 5.94. The topological polar surface area (TPSA) is 201 Å². The van der Waals surface area contributed by atoms with Crippen LogP contribution in [-0.2, 0) is 40.1 Å². The average molecular weight is 566 g/mol. The maximum Gasteiger partial charge on any atom is 0.335 e. The van der Waals surface area contributed by atoms with Gasteiger partial charge in [-0.25, -0.2) is 4.79 Å². The summed E-state index contributed by atoms with van der Waals surface area (Å²) in [6.45, 7) is 1.97. The first-order valence-electron chi connectivity index (χ1n) is 12.6. The van der Waals surface area contributed by atoms with Gasteiger partial charge in [-0.3, -0.25) is 24.1 Å². The third-order valence-electron chi connectivity index (χ3n) is 5.76. The van der Waals surface area contributed by atoms with Gasteiger partial charge < -0.3 is 40.2 Å². The van der Waals surface area contributed by atoms with E-state index in [-0.39, 0.29) is 62.7 Å². The molecule has 14 heteroatoms. The zero-order valence-corrected chi connectivity index (χ0v) is 22.3. The molecule has 40 heavy (non-hydrogen) atoms. The Balaban J connectivity index is 1.92. The molecule has 1 aliphatic rings. The molecule has 0 radical (unpaired) electrons. The van der Waals surface area contributed by atoms with Gasteiger partial charge in [-0.2, -0.15) is 0 Å². The molecule has 1 saturated heterocycles. The first-order chi connectivity index (χ1) is 19.1. The minimum Gasteiger partial charge on any atom is -0.479 e. The van der Waals surface area contributed by atoms with Crippen LogP contribution in [-0.4, -0.2) is 95.1 Å². The third kappa shape index (κ3) is 10.0. The van der Waals surface area contributed by atoms with E-state index in [1.54, 1.807) is 19.1 Å². The van der Waals surface area contributed by atoms with E-state index in [0.29, 0.717) is 12.0 Å². The Morgan fingerprint density at radius 1 is 1.18 bits per heavy atom.